The lowest BCUT2D eigenvalue weighted by Crippen LogP contribution is -2.19. The largest absolute Gasteiger partial charge is 0.497 e. The maximum absolute atomic E-state index is 5.25. The van der Waals surface area contributed by atoms with E-state index in [1.54, 1.807) is 7.11 Å². The number of methoxy groups -OCH3 is 1. The van der Waals surface area contributed by atoms with Crippen LogP contribution >= 0.6 is 12.4 Å². The summed E-state index contributed by atoms with van der Waals surface area (Å²) >= 11 is 0. The number of hydrogen-bond acceptors (Lipinski definition) is 2. The van der Waals surface area contributed by atoms with Gasteiger partial charge in [-0.05, 0) is 53.1 Å². The van der Waals surface area contributed by atoms with Gasteiger partial charge in [0, 0.05) is 6.54 Å². The predicted octanol–water partition coefficient (Wildman–Crippen LogP) is 3.65. The van der Waals surface area contributed by atoms with E-state index in [4.69, 9.17) is 4.74 Å². The van der Waals surface area contributed by atoms with Gasteiger partial charge in [0.15, 0.2) is 0 Å². The fraction of sp³-hybridized carbons (Fsp3) is 0.250. The molecule has 2 aromatic carbocycles. The maximum atomic E-state index is 5.25. The molecule has 0 bridgehead atoms. The third-order valence-corrected chi connectivity index (χ3v) is 3.48. The van der Waals surface area contributed by atoms with E-state index in [-0.39, 0.29) is 12.4 Å². The van der Waals surface area contributed by atoms with Gasteiger partial charge < -0.3 is 10.1 Å². The number of halogens is 1. The van der Waals surface area contributed by atoms with Crippen molar-refractivity contribution in [2.75, 3.05) is 20.2 Å². The third kappa shape index (κ3) is 2.91. The fourth-order valence-corrected chi connectivity index (χ4v) is 2.44. The highest BCUT2D eigenvalue weighted by molar-refractivity contribution is 5.87. The zero-order valence-electron chi connectivity index (χ0n) is 11.0. The minimum absolute atomic E-state index is 0. The van der Waals surface area contributed by atoms with Crippen molar-refractivity contribution in [2.24, 2.45) is 0 Å². The molecule has 1 aliphatic rings. The number of nitrogens with one attached hydrogen (secondary N) is 1. The van der Waals surface area contributed by atoms with E-state index in [1.165, 1.54) is 21.9 Å². The summed E-state index contributed by atoms with van der Waals surface area (Å²) < 4.78 is 5.25. The van der Waals surface area contributed by atoms with Crippen LogP contribution in [-0.2, 0) is 0 Å². The molecule has 0 atom stereocenters. The van der Waals surface area contributed by atoms with Crippen molar-refractivity contribution in [3.05, 3.63) is 48.0 Å². The zero-order valence-corrected chi connectivity index (χ0v) is 11.8. The molecule has 19 heavy (non-hydrogen) atoms. The number of rotatable bonds is 2. The van der Waals surface area contributed by atoms with Crippen LogP contribution in [0.15, 0.2) is 42.5 Å². The molecular formula is C16H18ClNO. The summed E-state index contributed by atoms with van der Waals surface area (Å²) in [5, 5.41) is 5.84. The van der Waals surface area contributed by atoms with Gasteiger partial charge in [-0.15, -0.1) is 12.4 Å². The van der Waals surface area contributed by atoms with Crippen molar-refractivity contribution in [2.45, 2.75) is 6.42 Å². The highest BCUT2D eigenvalue weighted by Crippen LogP contribution is 2.26. The molecule has 0 saturated heterocycles. The monoisotopic (exact) mass is 275 g/mol. The molecule has 2 aromatic rings. The average Bonchev–Trinajstić information content (AvgIpc) is 2.47. The number of ether oxygens (including phenoxy) is 1. The van der Waals surface area contributed by atoms with Gasteiger partial charge in [0.05, 0.1) is 7.11 Å². The van der Waals surface area contributed by atoms with Crippen LogP contribution in [0.4, 0.5) is 0 Å². The van der Waals surface area contributed by atoms with Gasteiger partial charge in [-0.25, -0.2) is 0 Å². The first-order chi connectivity index (χ1) is 8.86. The van der Waals surface area contributed by atoms with Gasteiger partial charge >= 0.3 is 0 Å². The van der Waals surface area contributed by atoms with Crippen molar-refractivity contribution in [1.29, 1.82) is 0 Å². The van der Waals surface area contributed by atoms with E-state index in [0.29, 0.717) is 0 Å². The Morgan fingerprint density at radius 3 is 2.58 bits per heavy atom. The van der Waals surface area contributed by atoms with Crippen LogP contribution in [0.25, 0.3) is 16.3 Å². The number of benzene rings is 2. The van der Waals surface area contributed by atoms with Crippen molar-refractivity contribution in [3.63, 3.8) is 0 Å². The van der Waals surface area contributed by atoms with Crippen molar-refractivity contribution in [3.8, 4) is 5.75 Å². The van der Waals surface area contributed by atoms with E-state index in [1.807, 2.05) is 6.07 Å². The second-order valence-electron chi connectivity index (χ2n) is 4.61. The van der Waals surface area contributed by atoms with Crippen molar-refractivity contribution in [1.82, 2.24) is 5.32 Å². The van der Waals surface area contributed by atoms with E-state index in [0.717, 1.165) is 25.3 Å². The molecule has 1 N–H and O–H groups in total. The van der Waals surface area contributed by atoms with E-state index in [2.05, 4.69) is 41.7 Å². The summed E-state index contributed by atoms with van der Waals surface area (Å²) in [5.74, 6) is 0.913. The normalized spacial score (nSPS) is 14.7. The molecule has 1 aliphatic heterocycles. The quantitative estimate of drug-likeness (QED) is 0.903. The summed E-state index contributed by atoms with van der Waals surface area (Å²) in [5.41, 5.74) is 2.79. The van der Waals surface area contributed by atoms with Crippen LogP contribution in [-0.4, -0.2) is 20.2 Å². The van der Waals surface area contributed by atoms with Crippen LogP contribution in [0.5, 0.6) is 5.75 Å². The Labute approximate surface area is 119 Å². The second-order valence-corrected chi connectivity index (χ2v) is 4.61. The molecule has 3 rings (SSSR count). The molecule has 1 heterocycles. The Hall–Kier alpha value is -1.51. The molecule has 2 nitrogen and oxygen atoms in total. The van der Waals surface area contributed by atoms with E-state index < -0.39 is 0 Å². The Morgan fingerprint density at radius 1 is 1.05 bits per heavy atom. The van der Waals surface area contributed by atoms with E-state index in [9.17, 15) is 0 Å². The molecule has 0 unspecified atom stereocenters. The molecule has 0 aliphatic carbocycles. The Morgan fingerprint density at radius 2 is 1.84 bits per heavy atom. The van der Waals surface area contributed by atoms with Crippen molar-refractivity contribution >= 4 is 28.8 Å². The van der Waals surface area contributed by atoms with Gasteiger partial charge in [0.25, 0.3) is 0 Å². The highest BCUT2D eigenvalue weighted by Gasteiger charge is 2.06. The second kappa shape index (κ2) is 6.09. The van der Waals surface area contributed by atoms with E-state index >= 15 is 0 Å². The number of hydrogen-bond donors (Lipinski definition) is 1. The smallest absolute Gasteiger partial charge is 0.119 e. The molecule has 100 valence electrons. The van der Waals surface area contributed by atoms with Crippen molar-refractivity contribution < 1.29 is 4.74 Å². The van der Waals surface area contributed by atoms with Crippen LogP contribution < -0.4 is 10.1 Å². The average molecular weight is 276 g/mol. The highest BCUT2D eigenvalue weighted by atomic mass is 35.5. The van der Waals surface area contributed by atoms with Gasteiger partial charge in [0.1, 0.15) is 5.75 Å². The van der Waals surface area contributed by atoms with Crippen LogP contribution in [0.3, 0.4) is 0 Å². The summed E-state index contributed by atoms with van der Waals surface area (Å²) in [6.45, 7) is 2.06. The van der Waals surface area contributed by atoms with Crippen LogP contribution in [0, 0.1) is 0 Å². The minimum atomic E-state index is 0. The van der Waals surface area contributed by atoms with Gasteiger partial charge in [-0.1, -0.05) is 24.3 Å². The molecular weight excluding hydrogens is 258 g/mol. The molecule has 0 fully saturated rings. The molecule has 0 amide bonds. The standard InChI is InChI=1S/C16H17NO.ClH/c1-18-16-5-4-14-10-13(2-3-15(14)11-16)12-6-8-17-9-7-12;/h2-6,10-11,17H,7-9H2,1H3;1H. The molecule has 0 saturated carbocycles. The third-order valence-electron chi connectivity index (χ3n) is 3.48. The molecule has 3 heteroatoms. The molecule has 0 radical (unpaired) electrons. The SMILES string of the molecule is COc1ccc2cc(C3=CCNCC3)ccc2c1.Cl. The summed E-state index contributed by atoms with van der Waals surface area (Å²) in [6.07, 6.45) is 3.40. The summed E-state index contributed by atoms with van der Waals surface area (Å²) in [6, 6.07) is 12.9. The maximum Gasteiger partial charge on any atom is 0.119 e. The Kier molecular flexibility index (Phi) is 4.46. The van der Waals surface area contributed by atoms with Crippen LogP contribution in [0.2, 0.25) is 0 Å². The predicted molar refractivity (Wildman–Crippen MR) is 83.2 cm³/mol. The number of fused-ring (bicyclic) bond motifs is 1. The first-order valence-electron chi connectivity index (χ1n) is 6.35. The molecule has 0 spiro atoms. The summed E-state index contributed by atoms with van der Waals surface area (Å²) in [7, 11) is 1.70. The zero-order chi connectivity index (χ0) is 12.4. The summed E-state index contributed by atoms with van der Waals surface area (Å²) in [4.78, 5) is 0. The molecule has 0 aromatic heterocycles. The fourth-order valence-electron chi connectivity index (χ4n) is 2.44. The lowest BCUT2D eigenvalue weighted by molar-refractivity contribution is 0.415. The first-order valence-corrected chi connectivity index (χ1v) is 6.35. The minimum Gasteiger partial charge on any atom is -0.497 e. The van der Waals surface area contributed by atoms with Gasteiger partial charge in [0.2, 0.25) is 0 Å². The Balaban J connectivity index is 0.00000133. The van der Waals surface area contributed by atoms with Gasteiger partial charge in [-0.2, -0.15) is 0 Å². The van der Waals surface area contributed by atoms with Gasteiger partial charge in [-0.3, -0.25) is 0 Å². The van der Waals surface area contributed by atoms with Crippen LogP contribution in [0.1, 0.15) is 12.0 Å². The lowest BCUT2D eigenvalue weighted by atomic mass is 9.97. The topological polar surface area (TPSA) is 21.3 Å². The lowest BCUT2D eigenvalue weighted by Gasteiger charge is -2.14. The first kappa shape index (κ1) is 13.9. The Bertz CT molecular complexity index is 607.